The van der Waals surface area contributed by atoms with Crippen LogP contribution in [0.15, 0.2) is 217 Å². The van der Waals surface area contributed by atoms with Crippen molar-refractivity contribution in [2.75, 3.05) is 9.80 Å². The van der Waals surface area contributed by atoms with Crippen molar-refractivity contribution in [1.82, 2.24) is 0 Å². The van der Waals surface area contributed by atoms with Crippen LogP contribution < -0.4 is 9.80 Å². The second kappa shape index (κ2) is 24.4. The van der Waals surface area contributed by atoms with Gasteiger partial charge in [0.1, 0.15) is 11.3 Å². The monoisotopic (exact) mass is 1210 g/mol. The zero-order chi connectivity index (χ0) is 62.1. The Morgan fingerprint density at radius 3 is 1.38 bits per heavy atom. The maximum atomic E-state index is 13.4. The quantitative estimate of drug-likeness (QED) is 0.110. The third kappa shape index (κ3) is 10.2. The molecule has 4 nitrogen and oxygen atoms in total. The van der Waals surface area contributed by atoms with Crippen LogP contribution in [0.4, 0.5) is 34.1 Å². The summed E-state index contributed by atoms with van der Waals surface area (Å²) in [6.45, 7) is 4.44. The SMILES string of the molecule is CCc1ccccc1-c1cccc2c1oc1c(N(c3ccc(C4CCCCC4)cc3)c3cc(C4CCCC4)c4ccc5c(N(c6ccc(C7CCCCC7)cc6)c6cccc(-c7cccc(-c8ccccc8C)c7)c6O)cc(C6CCCC6)c6ccc3c4c65)cccc12. The van der Waals surface area contributed by atoms with Crippen LogP contribution >= 0.6 is 0 Å². The molecule has 17 rings (SSSR count). The second-order valence-corrected chi connectivity index (χ2v) is 28.0. The van der Waals surface area contributed by atoms with Gasteiger partial charge in [0.25, 0.3) is 0 Å². The van der Waals surface area contributed by atoms with E-state index in [1.54, 1.807) is 0 Å². The average Bonchev–Trinajstić information content (AvgIpc) is 1.67. The predicted molar refractivity (Wildman–Crippen MR) is 393 cm³/mol. The minimum Gasteiger partial charge on any atom is -0.505 e. The molecule has 0 unspecified atom stereocenters. The van der Waals surface area contributed by atoms with E-state index in [0.29, 0.717) is 23.7 Å². The molecule has 4 fully saturated rings. The average molecular weight is 1210 g/mol. The van der Waals surface area contributed by atoms with Crippen LogP contribution in [0, 0.1) is 6.92 Å². The number of phenols is 1. The summed E-state index contributed by atoms with van der Waals surface area (Å²) in [5.74, 6) is 2.26. The van der Waals surface area contributed by atoms with Crippen molar-refractivity contribution in [3.05, 3.63) is 246 Å². The molecule has 1 N–H and O–H groups in total. The van der Waals surface area contributed by atoms with E-state index < -0.39 is 0 Å². The molecule has 93 heavy (non-hydrogen) atoms. The van der Waals surface area contributed by atoms with Gasteiger partial charge in [-0.1, -0.05) is 229 Å². The molecule has 0 spiro atoms. The van der Waals surface area contributed by atoms with E-state index in [1.807, 2.05) is 0 Å². The Kier molecular flexibility index (Phi) is 15.2. The largest absolute Gasteiger partial charge is 0.505 e. The van der Waals surface area contributed by atoms with Crippen LogP contribution in [0.3, 0.4) is 0 Å². The molecule has 4 heteroatoms. The molecular formula is C89H84N2O2. The molecule has 0 aliphatic heterocycles. The Morgan fingerprint density at radius 1 is 0.355 bits per heavy atom. The number of aryl methyl sites for hydroxylation is 2. The van der Waals surface area contributed by atoms with Gasteiger partial charge in [-0.2, -0.15) is 0 Å². The van der Waals surface area contributed by atoms with Gasteiger partial charge < -0.3 is 19.3 Å². The molecule has 0 bridgehead atoms. The Hall–Kier alpha value is -9.12. The minimum absolute atomic E-state index is 0.279. The zero-order valence-electron chi connectivity index (χ0n) is 54.2. The number of fused-ring (bicyclic) bond motifs is 3. The summed E-state index contributed by atoms with van der Waals surface area (Å²) in [6.07, 6.45) is 23.4. The van der Waals surface area contributed by atoms with E-state index in [1.165, 1.54) is 185 Å². The van der Waals surface area contributed by atoms with E-state index >= 15 is 0 Å². The second-order valence-electron chi connectivity index (χ2n) is 28.0. The summed E-state index contributed by atoms with van der Waals surface area (Å²) in [5.41, 5.74) is 23.0. The van der Waals surface area contributed by atoms with Crippen molar-refractivity contribution < 1.29 is 9.52 Å². The lowest BCUT2D eigenvalue weighted by molar-refractivity contribution is 0.443. The third-order valence-corrected chi connectivity index (χ3v) is 22.8. The first-order valence-corrected chi connectivity index (χ1v) is 35.5. The van der Waals surface area contributed by atoms with Gasteiger partial charge in [-0.15, -0.1) is 0 Å². The minimum atomic E-state index is 0.279. The topological polar surface area (TPSA) is 39.9 Å². The number of aromatic hydroxyl groups is 1. The molecule has 0 saturated heterocycles. The van der Waals surface area contributed by atoms with Crippen LogP contribution in [-0.4, -0.2) is 5.11 Å². The molecule has 4 saturated carbocycles. The highest BCUT2D eigenvalue weighted by Gasteiger charge is 2.33. The summed E-state index contributed by atoms with van der Waals surface area (Å²) in [5, 5.41) is 23.4. The number of anilines is 6. The van der Waals surface area contributed by atoms with Gasteiger partial charge in [-0.25, -0.2) is 0 Å². The molecule has 462 valence electrons. The van der Waals surface area contributed by atoms with Crippen molar-refractivity contribution in [2.24, 2.45) is 0 Å². The van der Waals surface area contributed by atoms with Crippen molar-refractivity contribution in [1.29, 1.82) is 0 Å². The summed E-state index contributed by atoms with van der Waals surface area (Å²) in [6, 6.07) is 80.7. The van der Waals surface area contributed by atoms with Gasteiger partial charge in [-0.3, -0.25) is 0 Å². The Labute approximate surface area is 548 Å². The fourth-order valence-corrected chi connectivity index (χ4v) is 18.0. The number of furan rings is 1. The fraction of sp³-hybridized carbons (Fsp3) is 0.281. The molecule has 0 radical (unpaired) electrons. The number of rotatable bonds is 14. The van der Waals surface area contributed by atoms with Crippen LogP contribution in [0.1, 0.15) is 180 Å². The molecule has 0 atom stereocenters. The normalized spacial score (nSPS) is 16.3. The molecule has 13 aromatic rings. The summed E-state index contributed by atoms with van der Waals surface area (Å²) in [7, 11) is 0. The summed E-state index contributed by atoms with van der Waals surface area (Å²) in [4.78, 5) is 5.03. The highest BCUT2D eigenvalue weighted by molar-refractivity contribution is 6.30. The van der Waals surface area contributed by atoms with E-state index in [2.05, 4.69) is 236 Å². The standard InChI is InChI=1S/C89H84N2O2/c1-3-58-23-15-17-35-70(58)74-37-19-38-75-76-39-21-41-82(89(76)93-88(74)75)91(68-48-44-62(45-49-68)60-26-8-5-9-27-60)84-56-80(64-30-13-14-31-64)73-50-52-77-83(55-79(63-28-11-12-29-63)72-51-53-78(84)86(73)85(72)77)90(67-46-42-61(43-47-67)59-24-6-4-7-25-59)81-40-20-36-71(87(81)92)66-33-18-32-65(54-66)69-34-16-10-22-57(69)2/h10,15-23,32-56,59-60,63-64,92H,3-9,11-14,24-31H2,1-2H3. The van der Waals surface area contributed by atoms with Gasteiger partial charge >= 0.3 is 0 Å². The highest BCUT2D eigenvalue weighted by atomic mass is 16.3. The van der Waals surface area contributed by atoms with Crippen LogP contribution in [0.2, 0.25) is 0 Å². The van der Waals surface area contributed by atoms with Crippen molar-refractivity contribution >= 4 is 88.4 Å². The molecule has 0 amide bonds. The molecule has 1 aromatic heterocycles. The van der Waals surface area contributed by atoms with Gasteiger partial charge in [0.15, 0.2) is 5.58 Å². The van der Waals surface area contributed by atoms with Crippen LogP contribution in [-0.2, 0) is 6.42 Å². The number of hydrogen-bond acceptors (Lipinski definition) is 4. The number of para-hydroxylation sites is 3. The van der Waals surface area contributed by atoms with E-state index in [0.717, 1.165) is 91.9 Å². The van der Waals surface area contributed by atoms with Gasteiger partial charge in [-0.05, 0) is 220 Å². The van der Waals surface area contributed by atoms with Gasteiger partial charge in [0.05, 0.1) is 22.7 Å². The smallest absolute Gasteiger partial charge is 0.159 e. The molecule has 12 aromatic carbocycles. The van der Waals surface area contributed by atoms with E-state index in [9.17, 15) is 5.11 Å². The molecule has 4 aliphatic carbocycles. The summed E-state index contributed by atoms with van der Waals surface area (Å²) < 4.78 is 7.52. The van der Waals surface area contributed by atoms with Crippen LogP contribution in [0.5, 0.6) is 5.75 Å². The number of phenolic OH excluding ortho intramolecular Hbond substituents is 1. The number of hydrogen-bond donors (Lipinski definition) is 1. The third-order valence-electron chi connectivity index (χ3n) is 22.8. The first-order chi connectivity index (χ1) is 45.9. The fourth-order valence-electron chi connectivity index (χ4n) is 18.0. The maximum Gasteiger partial charge on any atom is 0.159 e. The first-order valence-electron chi connectivity index (χ1n) is 35.5. The first kappa shape index (κ1) is 57.8. The zero-order valence-corrected chi connectivity index (χ0v) is 54.2. The van der Waals surface area contributed by atoms with Gasteiger partial charge in [0, 0.05) is 44.0 Å². The maximum absolute atomic E-state index is 13.4. The Balaban J connectivity index is 0.929. The molecular weight excluding hydrogens is 1130 g/mol. The molecule has 4 aliphatic rings. The van der Waals surface area contributed by atoms with Crippen molar-refractivity contribution in [3.63, 3.8) is 0 Å². The molecule has 1 heterocycles. The van der Waals surface area contributed by atoms with Crippen molar-refractivity contribution in [2.45, 2.75) is 160 Å². The van der Waals surface area contributed by atoms with Crippen LogP contribution in [0.25, 0.3) is 87.6 Å². The summed E-state index contributed by atoms with van der Waals surface area (Å²) >= 11 is 0. The lowest BCUT2D eigenvalue weighted by Gasteiger charge is -2.32. The van der Waals surface area contributed by atoms with E-state index in [-0.39, 0.29) is 5.75 Å². The lowest BCUT2D eigenvalue weighted by Crippen LogP contribution is -2.14. The Morgan fingerprint density at radius 2 is 0.796 bits per heavy atom. The number of nitrogens with zero attached hydrogens (tertiary/aromatic N) is 2. The predicted octanol–water partition coefficient (Wildman–Crippen LogP) is 26.4. The van der Waals surface area contributed by atoms with Gasteiger partial charge in [0.2, 0.25) is 0 Å². The number of benzene rings is 12. The van der Waals surface area contributed by atoms with Crippen molar-refractivity contribution in [3.8, 4) is 39.1 Å². The lowest BCUT2D eigenvalue weighted by atomic mass is 9.82. The highest BCUT2D eigenvalue weighted by Crippen LogP contribution is 2.56. The Bertz CT molecular complexity index is 4910. The van der Waals surface area contributed by atoms with E-state index in [4.69, 9.17) is 4.42 Å².